The quantitative estimate of drug-likeness (QED) is 0.399. The van der Waals surface area contributed by atoms with Gasteiger partial charge < -0.3 is 9.47 Å². The third kappa shape index (κ3) is 5.17. The molecule has 4 heteroatoms. The lowest BCUT2D eigenvalue weighted by Gasteiger charge is -2.23. The van der Waals surface area contributed by atoms with Gasteiger partial charge >= 0.3 is 5.97 Å². The highest BCUT2D eigenvalue weighted by Gasteiger charge is 2.27. The summed E-state index contributed by atoms with van der Waals surface area (Å²) in [6, 6.07) is 0. The third-order valence-corrected chi connectivity index (χ3v) is 3.37. The minimum atomic E-state index is -0.654. The Morgan fingerprint density at radius 2 is 1.89 bits per heavy atom. The molecule has 1 aliphatic rings. The molecule has 1 rings (SSSR count). The predicted octanol–water partition coefficient (Wildman–Crippen LogP) is 2.49. The molecule has 1 saturated carbocycles. The van der Waals surface area contributed by atoms with Crippen molar-refractivity contribution in [3.05, 3.63) is 0 Å². The van der Waals surface area contributed by atoms with Crippen molar-refractivity contribution in [1.29, 1.82) is 0 Å². The van der Waals surface area contributed by atoms with Crippen LogP contribution < -0.4 is 0 Å². The maximum absolute atomic E-state index is 11.9. The Balaban J connectivity index is 2.40. The van der Waals surface area contributed by atoms with Gasteiger partial charge in [0.1, 0.15) is 17.8 Å². The van der Waals surface area contributed by atoms with Crippen LogP contribution in [-0.2, 0) is 19.1 Å². The lowest BCUT2D eigenvalue weighted by atomic mass is 9.97. The van der Waals surface area contributed by atoms with Crippen molar-refractivity contribution in [2.24, 2.45) is 5.92 Å². The normalized spacial score (nSPS) is 18.3. The summed E-state index contributed by atoms with van der Waals surface area (Å²) in [6.45, 7) is 4.37. The minimum Gasteiger partial charge on any atom is -0.462 e. The van der Waals surface area contributed by atoms with Gasteiger partial charge in [-0.15, -0.1) is 0 Å². The lowest BCUT2D eigenvalue weighted by Crippen LogP contribution is -2.30. The third-order valence-electron chi connectivity index (χ3n) is 3.37. The van der Waals surface area contributed by atoms with E-state index in [9.17, 15) is 9.59 Å². The van der Waals surface area contributed by atoms with Gasteiger partial charge in [0.2, 0.25) is 0 Å². The summed E-state index contributed by atoms with van der Waals surface area (Å²) in [5.41, 5.74) is 0. The Hall–Kier alpha value is -0.900. The Kier molecular flexibility index (Phi) is 6.94. The van der Waals surface area contributed by atoms with Crippen LogP contribution in [0.1, 0.15) is 52.4 Å². The topological polar surface area (TPSA) is 52.6 Å². The van der Waals surface area contributed by atoms with Gasteiger partial charge in [0.15, 0.2) is 0 Å². The first-order valence-electron chi connectivity index (χ1n) is 6.93. The van der Waals surface area contributed by atoms with E-state index in [1.54, 1.807) is 0 Å². The monoisotopic (exact) mass is 256 g/mol. The summed E-state index contributed by atoms with van der Waals surface area (Å²) in [5, 5.41) is 0. The standard InChI is InChI=1S/C14H24O4/c1-3-17-10-9-13(11(2)15)14(16)18-12-7-5-4-6-8-12/h12-13H,3-10H2,1-2H3. The first-order chi connectivity index (χ1) is 8.65. The van der Waals surface area contributed by atoms with Gasteiger partial charge in [-0.25, -0.2) is 0 Å². The number of carbonyl (C=O) groups excluding carboxylic acids is 2. The molecule has 0 saturated heterocycles. The van der Waals surface area contributed by atoms with Crippen molar-refractivity contribution in [3.8, 4) is 0 Å². The highest BCUT2D eigenvalue weighted by atomic mass is 16.5. The summed E-state index contributed by atoms with van der Waals surface area (Å²) in [7, 11) is 0. The molecule has 4 nitrogen and oxygen atoms in total. The van der Waals surface area contributed by atoms with Crippen molar-refractivity contribution in [3.63, 3.8) is 0 Å². The van der Waals surface area contributed by atoms with Gasteiger partial charge in [-0.3, -0.25) is 9.59 Å². The zero-order valence-corrected chi connectivity index (χ0v) is 11.4. The number of carbonyl (C=O) groups is 2. The highest BCUT2D eigenvalue weighted by molar-refractivity contribution is 5.97. The molecule has 0 aliphatic heterocycles. The Bertz CT molecular complexity index is 269. The van der Waals surface area contributed by atoms with Crippen LogP contribution in [0.3, 0.4) is 0 Å². The molecule has 0 aromatic rings. The van der Waals surface area contributed by atoms with Crippen LogP contribution in [-0.4, -0.2) is 31.1 Å². The number of rotatable bonds is 7. The molecule has 104 valence electrons. The number of ether oxygens (including phenoxy) is 2. The molecule has 0 amide bonds. The molecule has 0 spiro atoms. The number of hydrogen-bond donors (Lipinski definition) is 0. The lowest BCUT2D eigenvalue weighted by molar-refractivity contribution is -0.158. The second-order valence-corrected chi connectivity index (χ2v) is 4.85. The number of Topliss-reactive ketones (excluding diaryl/α,β-unsaturated/α-hetero) is 1. The number of ketones is 1. The zero-order valence-electron chi connectivity index (χ0n) is 11.4. The fraction of sp³-hybridized carbons (Fsp3) is 0.857. The van der Waals surface area contributed by atoms with Gasteiger partial charge in [-0.2, -0.15) is 0 Å². The number of esters is 1. The van der Waals surface area contributed by atoms with E-state index in [2.05, 4.69) is 0 Å². The molecule has 0 aromatic heterocycles. The van der Waals surface area contributed by atoms with Crippen LogP contribution in [0.15, 0.2) is 0 Å². The maximum Gasteiger partial charge on any atom is 0.316 e. The van der Waals surface area contributed by atoms with Crippen LogP contribution in [0.4, 0.5) is 0 Å². The molecule has 0 N–H and O–H groups in total. The molecule has 1 atom stereocenters. The van der Waals surface area contributed by atoms with E-state index in [0.717, 1.165) is 25.7 Å². The van der Waals surface area contributed by atoms with Crippen LogP contribution in [0.25, 0.3) is 0 Å². The first-order valence-corrected chi connectivity index (χ1v) is 6.93. The second kappa shape index (κ2) is 8.25. The molecule has 0 radical (unpaired) electrons. The molecule has 0 heterocycles. The van der Waals surface area contributed by atoms with Gasteiger partial charge in [-0.05, 0) is 46.0 Å². The van der Waals surface area contributed by atoms with E-state index in [1.165, 1.54) is 13.3 Å². The minimum absolute atomic E-state index is 0.0141. The van der Waals surface area contributed by atoms with Crippen LogP contribution in [0.2, 0.25) is 0 Å². The largest absolute Gasteiger partial charge is 0.462 e. The average molecular weight is 256 g/mol. The molecular formula is C14H24O4. The fourth-order valence-electron chi connectivity index (χ4n) is 2.26. The SMILES string of the molecule is CCOCCC(C(C)=O)C(=O)OC1CCCCC1. The molecule has 1 aliphatic carbocycles. The first kappa shape index (κ1) is 15.2. The van der Waals surface area contributed by atoms with Crippen molar-refractivity contribution in [2.75, 3.05) is 13.2 Å². The fourth-order valence-corrected chi connectivity index (χ4v) is 2.26. The second-order valence-electron chi connectivity index (χ2n) is 4.85. The zero-order chi connectivity index (χ0) is 13.4. The van der Waals surface area contributed by atoms with E-state index >= 15 is 0 Å². The molecule has 1 unspecified atom stereocenters. The Labute approximate surface area is 109 Å². The van der Waals surface area contributed by atoms with Crippen molar-refractivity contribution in [2.45, 2.75) is 58.5 Å². The van der Waals surface area contributed by atoms with E-state index in [4.69, 9.17) is 9.47 Å². The van der Waals surface area contributed by atoms with Crippen LogP contribution in [0.5, 0.6) is 0 Å². The van der Waals surface area contributed by atoms with Crippen molar-refractivity contribution >= 4 is 11.8 Å². The van der Waals surface area contributed by atoms with Crippen molar-refractivity contribution < 1.29 is 19.1 Å². The Morgan fingerprint density at radius 3 is 2.44 bits per heavy atom. The summed E-state index contributed by atoms with van der Waals surface area (Å²) in [6.07, 6.45) is 5.75. The molecule has 18 heavy (non-hydrogen) atoms. The summed E-state index contributed by atoms with van der Waals surface area (Å²) in [5.74, 6) is -1.15. The van der Waals surface area contributed by atoms with Gasteiger partial charge in [-0.1, -0.05) is 6.42 Å². The summed E-state index contributed by atoms with van der Waals surface area (Å²) in [4.78, 5) is 23.4. The van der Waals surface area contributed by atoms with E-state index in [-0.39, 0.29) is 17.9 Å². The molecule has 0 aromatic carbocycles. The van der Waals surface area contributed by atoms with Crippen LogP contribution >= 0.6 is 0 Å². The molecule has 1 fully saturated rings. The number of hydrogen-bond acceptors (Lipinski definition) is 4. The Morgan fingerprint density at radius 1 is 1.22 bits per heavy atom. The van der Waals surface area contributed by atoms with Gasteiger partial charge in [0.25, 0.3) is 0 Å². The summed E-state index contributed by atoms with van der Waals surface area (Å²) >= 11 is 0. The van der Waals surface area contributed by atoms with Crippen LogP contribution in [0, 0.1) is 5.92 Å². The van der Waals surface area contributed by atoms with Gasteiger partial charge in [0.05, 0.1) is 0 Å². The highest BCUT2D eigenvalue weighted by Crippen LogP contribution is 2.22. The van der Waals surface area contributed by atoms with Crippen molar-refractivity contribution in [1.82, 2.24) is 0 Å². The van der Waals surface area contributed by atoms with E-state index in [1.807, 2.05) is 6.92 Å². The molecular weight excluding hydrogens is 232 g/mol. The maximum atomic E-state index is 11.9. The smallest absolute Gasteiger partial charge is 0.316 e. The van der Waals surface area contributed by atoms with E-state index in [0.29, 0.717) is 19.6 Å². The summed E-state index contributed by atoms with van der Waals surface area (Å²) < 4.78 is 10.6. The predicted molar refractivity (Wildman–Crippen MR) is 68.2 cm³/mol. The van der Waals surface area contributed by atoms with Gasteiger partial charge in [0, 0.05) is 13.2 Å². The van der Waals surface area contributed by atoms with E-state index < -0.39 is 5.92 Å². The molecule has 0 bridgehead atoms. The average Bonchev–Trinajstić information content (AvgIpc) is 2.35.